The van der Waals surface area contributed by atoms with Gasteiger partial charge in [0.2, 0.25) is 0 Å². The van der Waals surface area contributed by atoms with Gasteiger partial charge in [-0.1, -0.05) is 71.9 Å². The number of rotatable bonds is 10. The molecule has 5 rings (SSSR count). The van der Waals surface area contributed by atoms with Crippen LogP contribution in [0.5, 0.6) is 11.5 Å². The largest absolute Gasteiger partial charge is 0.656 e. The van der Waals surface area contributed by atoms with Gasteiger partial charge in [-0.05, 0) is 60.0 Å². The molecule has 12 heteroatoms. The standard InChI is InChI=1S/C20H19Cl2NO4.C11H10ClF3N/c21-14-3-6-18(22)19(11-14)27-10-9-26-15-4-1-13(2-5-15)16-7-8-23-12-17(16)20(24)25;12-10-7(6-16-8-4-5-8)2-1-3-9(10)11(13,14)15/h1-6,11,23H,7-10,12H2,(H,24,25);1-3,8H,4-6H2/q;-1. The van der Waals surface area contributed by atoms with Crippen LogP contribution in [-0.2, 0) is 17.5 Å². The summed E-state index contributed by atoms with van der Waals surface area (Å²) in [5, 5.41) is 17.5. The van der Waals surface area contributed by atoms with Gasteiger partial charge in [0.05, 0.1) is 21.2 Å². The van der Waals surface area contributed by atoms with Crippen molar-refractivity contribution in [2.75, 3.05) is 26.3 Å². The van der Waals surface area contributed by atoms with Crippen molar-refractivity contribution in [3.05, 3.63) is 103 Å². The van der Waals surface area contributed by atoms with Crippen molar-refractivity contribution in [3.63, 3.8) is 0 Å². The minimum atomic E-state index is -4.40. The molecule has 43 heavy (non-hydrogen) atoms. The molecule has 2 N–H and O–H groups in total. The van der Waals surface area contributed by atoms with Crippen molar-refractivity contribution in [1.82, 2.24) is 5.32 Å². The number of aliphatic carboxylic acids is 1. The number of nitrogens with zero attached hydrogens (tertiary/aromatic N) is 1. The van der Waals surface area contributed by atoms with E-state index < -0.39 is 17.7 Å². The zero-order chi connectivity index (χ0) is 31.0. The van der Waals surface area contributed by atoms with Gasteiger partial charge in [0.15, 0.2) is 0 Å². The van der Waals surface area contributed by atoms with Crippen molar-refractivity contribution in [1.29, 1.82) is 0 Å². The molecule has 6 nitrogen and oxygen atoms in total. The molecule has 1 aliphatic heterocycles. The van der Waals surface area contributed by atoms with E-state index in [0.29, 0.717) is 64.9 Å². The Morgan fingerprint density at radius 1 is 1.00 bits per heavy atom. The lowest BCUT2D eigenvalue weighted by atomic mass is 9.94. The molecule has 1 aliphatic carbocycles. The highest BCUT2D eigenvalue weighted by Crippen LogP contribution is 2.38. The maximum absolute atomic E-state index is 12.5. The summed E-state index contributed by atoms with van der Waals surface area (Å²) < 4.78 is 48.8. The number of hydrogen-bond acceptors (Lipinski definition) is 4. The molecule has 3 aromatic rings. The van der Waals surface area contributed by atoms with Gasteiger partial charge in [-0.3, -0.25) is 0 Å². The van der Waals surface area contributed by atoms with E-state index in [1.807, 2.05) is 24.3 Å². The third-order valence-electron chi connectivity index (χ3n) is 6.63. The molecule has 0 aromatic heterocycles. The fraction of sp³-hybridized carbons (Fsp3) is 0.323. The van der Waals surface area contributed by atoms with Crippen LogP contribution in [0.2, 0.25) is 15.1 Å². The van der Waals surface area contributed by atoms with Gasteiger partial charge < -0.3 is 25.2 Å². The number of carbonyl (C=O) groups is 1. The van der Waals surface area contributed by atoms with Gasteiger partial charge >= 0.3 is 12.1 Å². The van der Waals surface area contributed by atoms with Gasteiger partial charge in [0, 0.05) is 17.6 Å². The lowest BCUT2D eigenvalue weighted by Crippen LogP contribution is -2.28. The van der Waals surface area contributed by atoms with Gasteiger partial charge in [0.1, 0.15) is 24.7 Å². The van der Waals surface area contributed by atoms with Crippen LogP contribution in [0.15, 0.2) is 66.2 Å². The second-order valence-corrected chi connectivity index (χ2v) is 11.1. The van der Waals surface area contributed by atoms with E-state index in [1.165, 1.54) is 6.07 Å². The maximum atomic E-state index is 12.5. The second kappa shape index (κ2) is 15.2. The molecule has 0 atom stereocenters. The van der Waals surface area contributed by atoms with Crippen molar-refractivity contribution in [3.8, 4) is 11.5 Å². The molecule has 1 saturated carbocycles. The smallest absolute Gasteiger partial charge is 0.417 e. The van der Waals surface area contributed by atoms with Crippen molar-refractivity contribution in [2.45, 2.75) is 38.0 Å². The third-order valence-corrected chi connectivity index (χ3v) is 7.63. The summed E-state index contributed by atoms with van der Waals surface area (Å²) in [6, 6.07) is 16.7. The van der Waals surface area contributed by atoms with Crippen molar-refractivity contribution in [2.24, 2.45) is 0 Å². The molecule has 0 unspecified atom stereocenters. The van der Waals surface area contributed by atoms with Crippen LogP contribution >= 0.6 is 34.8 Å². The summed E-state index contributed by atoms with van der Waals surface area (Å²) in [6.45, 7) is 2.09. The molecule has 0 radical (unpaired) electrons. The average molecular weight is 657 g/mol. The number of nitrogens with one attached hydrogen (secondary N) is 1. The summed E-state index contributed by atoms with van der Waals surface area (Å²) in [4.78, 5) is 11.4. The van der Waals surface area contributed by atoms with Gasteiger partial charge in [-0.2, -0.15) is 13.2 Å². The molecule has 230 valence electrons. The van der Waals surface area contributed by atoms with E-state index in [-0.39, 0.29) is 11.6 Å². The summed E-state index contributed by atoms with van der Waals surface area (Å²) >= 11 is 17.7. The molecule has 2 aliphatic rings. The Morgan fingerprint density at radius 3 is 2.40 bits per heavy atom. The van der Waals surface area contributed by atoms with Gasteiger partial charge in [0.25, 0.3) is 0 Å². The van der Waals surface area contributed by atoms with E-state index in [9.17, 15) is 23.1 Å². The molecule has 0 bridgehead atoms. The normalized spacial score (nSPS) is 15.0. The third kappa shape index (κ3) is 9.78. The monoisotopic (exact) mass is 655 g/mol. The molecule has 1 heterocycles. The molecular weight excluding hydrogens is 628 g/mol. The Balaban J connectivity index is 0.000000225. The Hall–Kier alpha value is -2.95. The lowest BCUT2D eigenvalue weighted by Gasteiger charge is -2.20. The van der Waals surface area contributed by atoms with Crippen LogP contribution in [0.3, 0.4) is 0 Å². The van der Waals surface area contributed by atoms with E-state index >= 15 is 0 Å². The van der Waals surface area contributed by atoms with Crippen LogP contribution < -0.4 is 14.8 Å². The number of carboxylic acid groups (broad SMARTS) is 1. The molecule has 0 amide bonds. The Labute approximate surface area is 262 Å². The molecule has 3 aromatic carbocycles. The fourth-order valence-corrected chi connectivity index (χ4v) is 4.89. The minimum absolute atomic E-state index is 0.223. The van der Waals surface area contributed by atoms with E-state index in [0.717, 1.165) is 36.6 Å². The summed E-state index contributed by atoms with van der Waals surface area (Å²) in [5.74, 6) is 0.322. The highest BCUT2D eigenvalue weighted by Gasteiger charge is 2.33. The first kappa shape index (κ1) is 33.0. The Bertz CT molecular complexity index is 1450. The van der Waals surface area contributed by atoms with E-state index in [4.69, 9.17) is 44.3 Å². The van der Waals surface area contributed by atoms with E-state index in [2.05, 4.69) is 10.6 Å². The first-order chi connectivity index (χ1) is 20.5. The summed E-state index contributed by atoms with van der Waals surface area (Å²) in [5.41, 5.74) is 1.86. The zero-order valence-corrected chi connectivity index (χ0v) is 25.2. The predicted molar refractivity (Wildman–Crippen MR) is 162 cm³/mol. The topological polar surface area (TPSA) is 81.9 Å². The van der Waals surface area contributed by atoms with Crippen LogP contribution in [0.4, 0.5) is 13.2 Å². The molecule has 0 saturated heterocycles. The zero-order valence-electron chi connectivity index (χ0n) is 22.9. The molecule has 1 fully saturated rings. The summed E-state index contributed by atoms with van der Waals surface area (Å²) in [7, 11) is 0. The Kier molecular flexibility index (Phi) is 11.6. The maximum Gasteiger partial charge on any atom is 0.417 e. The summed E-state index contributed by atoms with van der Waals surface area (Å²) in [6.07, 6.45) is -1.63. The first-order valence-electron chi connectivity index (χ1n) is 13.5. The van der Waals surface area contributed by atoms with Crippen LogP contribution in [0.1, 0.15) is 36.0 Å². The number of alkyl halides is 3. The number of benzene rings is 3. The predicted octanol–water partition coefficient (Wildman–Crippen LogP) is 8.68. The van der Waals surface area contributed by atoms with Crippen LogP contribution in [0.25, 0.3) is 10.9 Å². The highest BCUT2D eigenvalue weighted by molar-refractivity contribution is 6.34. The van der Waals surface area contributed by atoms with Crippen LogP contribution in [-0.4, -0.2) is 43.4 Å². The lowest BCUT2D eigenvalue weighted by molar-refractivity contribution is -0.137. The quantitative estimate of drug-likeness (QED) is 0.214. The minimum Gasteiger partial charge on any atom is -0.656 e. The second-order valence-electron chi connectivity index (χ2n) is 9.83. The Morgan fingerprint density at radius 2 is 1.72 bits per heavy atom. The number of ether oxygens (including phenoxy) is 2. The number of carboxylic acids is 1. The van der Waals surface area contributed by atoms with Gasteiger partial charge in [-0.25, -0.2) is 4.79 Å². The SMILES string of the molecule is FC(F)(F)c1cccc(C[N-]C2CC2)c1Cl.O=C(O)C1=C(c2ccc(OCCOc3cc(Cl)ccc3Cl)cc2)CCNC1. The average Bonchev–Trinajstić information content (AvgIpc) is 3.81. The first-order valence-corrected chi connectivity index (χ1v) is 14.6. The molecular formula is C31H29Cl3F3N2O4-. The highest BCUT2D eigenvalue weighted by atomic mass is 35.5. The van der Waals surface area contributed by atoms with Crippen LogP contribution in [0, 0.1) is 0 Å². The van der Waals surface area contributed by atoms with Crippen molar-refractivity contribution >= 4 is 46.3 Å². The molecule has 0 spiro atoms. The van der Waals surface area contributed by atoms with E-state index in [1.54, 1.807) is 24.3 Å². The number of halogens is 6. The fourth-order valence-electron chi connectivity index (χ4n) is 4.26. The van der Waals surface area contributed by atoms with Gasteiger partial charge in [-0.15, -0.1) is 12.6 Å². The number of hydrogen-bond donors (Lipinski definition) is 2. The van der Waals surface area contributed by atoms with Crippen molar-refractivity contribution < 1.29 is 32.5 Å².